The van der Waals surface area contributed by atoms with Crippen molar-refractivity contribution >= 4 is 10.1 Å². The van der Waals surface area contributed by atoms with E-state index in [0.717, 1.165) is 12.5 Å². The van der Waals surface area contributed by atoms with Gasteiger partial charge in [-0.15, -0.1) is 0 Å². The fraction of sp³-hybridized carbons (Fsp3) is 0.478. The van der Waals surface area contributed by atoms with Crippen molar-refractivity contribution in [1.82, 2.24) is 0 Å². The minimum atomic E-state index is -4.45. The van der Waals surface area contributed by atoms with Crippen molar-refractivity contribution in [3.63, 3.8) is 0 Å². The van der Waals surface area contributed by atoms with Crippen molar-refractivity contribution < 1.29 is 22.8 Å². The molecule has 2 aromatic rings. The standard InChI is InChI=1S/C23H32O5S/c1-2-3-4-5-6-7-8-9-10-11-19-12-14-20(15-13-19)28-21-16-17-23(22(24)18-21)29(25,26)27/h12-18,24H,2-11H2,1H3,(H,25,26,27). The number of phenolic OH excluding ortho intramolecular Hbond substituents is 1. The average Bonchev–Trinajstić information content (AvgIpc) is 2.67. The van der Waals surface area contributed by atoms with E-state index in [2.05, 4.69) is 6.92 Å². The molecule has 0 fully saturated rings. The second-order valence-electron chi connectivity index (χ2n) is 7.43. The van der Waals surface area contributed by atoms with Crippen LogP contribution in [0.4, 0.5) is 0 Å². The summed E-state index contributed by atoms with van der Waals surface area (Å²) >= 11 is 0. The third-order valence-corrected chi connectivity index (χ3v) is 5.84. The summed E-state index contributed by atoms with van der Waals surface area (Å²) in [6, 6.07) is 11.4. The van der Waals surface area contributed by atoms with Crippen molar-refractivity contribution in [2.24, 2.45) is 0 Å². The highest BCUT2D eigenvalue weighted by molar-refractivity contribution is 7.86. The van der Waals surface area contributed by atoms with Crippen LogP contribution in [-0.4, -0.2) is 18.1 Å². The summed E-state index contributed by atoms with van der Waals surface area (Å²) in [6.07, 6.45) is 12.9. The molecule has 0 aliphatic carbocycles. The maximum Gasteiger partial charge on any atom is 0.298 e. The molecule has 5 nitrogen and oxygen atoms in total. The molecule has 0 atom stereocenters. The lowest BCUT2D eigenvalue weighted by Gasteiger charge is -2.09. The Labute approximate surface area is 174 Å². The largest absolute Gasteiger partial charge is 0.506 e. The Morgan fingerprint density at radius 2 is 1.34 bits per heavy atom. The van der Waals surface area contributed by atoms with Gasteiger partial charge in [-0.25, -0.2) is 0 Å². The van der Waals surface area contributed by atoms with E-state index in [-0.39, 0.29) is 0 Å². The molecule has 0 aliphatic rings. The van der Waals surface area contributed by atoms with Gasteiger partial charge in [0, 0.05) is 6.07 Å². The Kier molecular flexibility index (Phi) is 9.48. The lowest BCUT2D eigenvalue weighted by atomic mass is 10.0. The molecule has 29 heavy (non-hydrogen) atoms. The van der Waals surface area contributed by atoms with Gasteiger partial charge in [-0.3, -0.25) is 4.55 Å². The molecular formula is C23H32O5S. The molecule has 0 saturated carbocycles. The summed E-state index contributed by atoms with van der Waals surface area (Å²) in [5.41, 5.74) is 1.25. The molecule has 160 valence electrons. The number of rotatable bonds is 13. The van der Waals surface area contributed by atoms with Crippen LogP contribution in [-0.2, 0) is 16.5 Å². The van der Waals surface area contributed by atoms with Crippen LogP contribution in [0.15, 0.2) is 47.4 Å². The Bertz CT molecular complexity index is 844. The normalized spacial score (nSPS) is 11.5. The Morgan fingerprint density at radius 3 is 1.90 bits per heavy atom. The van der Waals surface area contributed by atoms with Gasteiger partial charge in [-0.2, -0.15) is 8.42 Å². The predicted octanol–water partition coefficient (Wildman–Crippen LogP) is 6.50. The predicted molar refractivity (Wildman–Crippen MR) is 115 cm³/mol. The third-order valence-electron chi connectivity index (χ3n) is 4.94. The van der Waals surface area contributed by atoms with Crippen LogP contribution in [0.5, 0.6) is 17.2 Å². The second kappa shape index (κ2) is 11.8. The molecule has 6 heteroatoms. The molecule has 0 amide bonds. The number of hydrogen-bond donors (Lipinski definition) is 2. The molecule has 0 saturated heterocycles. The lowest BCUT2D eigenvalue weighted by Crippen LogP contribution is -1.98. The fourth-order valence-electron chi connectivity index (χ4n) is 3.28. The number of unbranched alkanes of at least 4 members (excludes halogenated alkanes) is 8. The smallest absolute Gasteiger partial charge is 0.298 e. The van der Waals surface area contributed by atoms with Crippen LogP contribution in [0, 0.1) is 0 Å². The van der Waals surface area contributed by atoms with E-state index in [9.17, 15) is 13.5 Å². The zero-order valence-electron chi connectivity index (χ0n) is 17.1. The van der Waals surface area contributed by atoms with Crippen molar-refractivity contribution in [2.45, 2.75) is 76.0 Å². The Morgan fingerprint density at radius 1 is 0.793 bits per heavy atom. The van der Waals surface area contributed by atoms with Crippen LogP contribution in [0.3, 0.4) is 0 Å². The maximum absolute atomic E-state index is 11.1. The molecule has 0 bridgehead atoms. The molecular weight excluding hydrogens is 388 g/mol. The zero-order valence-corrected chi connectivity index (χ0v) is 18.0. The molecule has 0 aliphatic heterocycles. The van der Waals surface area contributed by atoms with E-state index in [1.165, 1.54) is 75.5 Å². The van der Waals surface area contributed by atoms with Crippen LogP contribution in [0.2, 0.25) is 0 Å². The first-order valence-corrected chi connectivity index (χ1v) is 11.9. The zero-order chi connectivity index (χ0) is 21.1. The van der Waals surface area contributed by atoms with E-state index in [1.807, 2.05) is 24.3 Å². The topological polar surface area (TPSA) is 83.8 Å². The summed E-state index contributed by atoms with van der Waals surface area (Å²) in [4.78, 5) is -0.541. The number of aryl methyl sites for hydroxylation is 1. The quantitative estimate of drug-likeness (QED) is 0.285. The monoisotopic (exact) mass is 420 g/mol. The Balaban J connectivity index is 1.73. The van der Waals surface area contributed by atoms with Gasteiger partial charge < -0.3 is 9.84 Å². The summed E-state index contributed by atoms with van der Waals surface area (Å²) in [7, 11) is -4.45. The summed E-state index contributed by atoms with van der Waals surface area (Å²) < 4.78 is 36.9. The molecule has 2 rings (SSSR count). The number of phenols is 1. The SMILES string of the molecule is CCCCCCCCCCCc1ccc(Oc2ccc(S(=O)(=O)O)c(O)c2)cc1. The van der Waals surface area contributed by atoms with E-state index in [1.54, 1.807) is 0 Å². The van der Waals surface area contributed by atoms with E-state index in [4.69, 9.17) is 9.29 Å². The maximum atomic E-state index is 11.1. The van der Waals surface area contributed by atoms with Gasteiger partial charge in [0.05, 0.1) is 0 Å². The third kappa shape index (κ3) is 8.46. The van der Waals surface area contributed by atoms with Gasteiger partial charge in [0.25, 0.3) is 10.1 Å². The van der Waals surface area contributed by atoms with Gasteiger partial charge in [0.2, 0.25) is 0 Å². The van der Waals surface area contributed by atoms with Crippen LogP contribution >= 0.6 is 0 Å². The van der Waals surface area contributed by atoms with Gasteiger partial charge in [0.15, 0.2) is 0 Å². The van der Waals surface area contributed by atoms with Crippen LogP contribution in [0.25, 0.3) is 0 Å². The molecule has 0 aromatic heterocycles. The molecule has 2 aromatic carbocycles. The van der Waals surface area contributed by atoms with Crippen molar-refractivity contribution in [3.8, 4) is 17.2 Å². The molecule has 0 spiro atoms. The highest BCUT2D eigenvalue weighted by Gasteiger charge is 2.15. The highest BCUT2D eigenvalue weighted by Crippen LogP contribution is 2.30. The minimum absolute atomic E-state index is 0.293. The first-order chi connectivity index (χ1) is 13.9. The molecule has 0 radical (unpaired) electrons. The first-order valence-electron chi connectivity index (χ1n) is 10.5. The van der Waals surface area contributed by atoms with Gasteiger partial charge in [-0.1, -0.05) is 70.4 Å². The van der Waals surface area contributed by atoms with Crippen molar-refractivity contribution in [1.29, 1.82) is 0 Å². The number of hydrogen-bond acceptors (Lipinski definition) is 4. The number of aromatic hydroxyl groups is 1. The summed E-state index contributed by atoms with van der Waals surface area (Å²) in [5, 5.41) is 9.74. The van der Waals surface area contributed by atoms with Gasteiger partial charge in [-0.05, 0) is 42.7 Å². The van der Waals surface area contributed by atoms with Crippen LogP contribution in [0.1, 0.15) is 70.3 Å². The average molecular weight is 421 g/mol. The van der Waals surface area contributed by atoms with Crippen molar-refractivity contribution in [3.05, 3.63) is 48.0 Å². The summed E-state index contributed by atoms with van der Waals surface area (Å²) in [6.45, 7) is 2.24. The van der Waals surface area contributed by atoms with Crippen LogP contribution < -0.4 is 4.74 Å². The van der Waals surface area contributed by atoms with Gasteiger partial charge in [0.1, 0.15) is 22.1 Å². The fourth-order valence-corrected chi connectivity index (χ4v) is 3.84. The first kappa shape index (κ1) is 23.2. The molecule has 2 N–H and O–H groups in total. The number of benzene rings is 2. The van der Waals surface area contributed by atoms with E-state index >= 15 is 0 Å². The highest BCUT2D eigenvalue weighted by atomic mass is 32.2. The number of ether oxygens (including phenoxy) is 1. The second-order valence-corrected chi connectivity index (χ2v) is 8.82. The molecule has 0 heterocycles. The Hall–Kier alpha value is -2.05. The van der Waals surface area contributed by atoms with Crippen molar-refractivity contribution in [2.75, 3.05) is 0 Å². The van der Waals surface area contributed by atoms with E-state index in [0.29, 0.717) is 11.5 Å². The minimum Gasteiger partial charge on any atom is -0.506 e. The summed E-state index contributed by atoms with van der Waals surface area (Å²) in [5.74, 6) is 0.341. The van der Waals surface area contributed by atoms with E-state index < -0.39 is 20.8 Å². The molecule has 0 unspecified atom stereocenters. The lowest BCUT2D eigenvalue weighted by molar-refractivity contribution is 0.433. The van der Waals surface area contributed by atoms with Gasteiger partial charge >= 0.3 is 0 Å².